The van der Waals surface area contributed by atoms with Crippen molar-refractivity contribution in [2.24, 2.45) is 0 Å². The van der Waals surface area contributed by atoms with E-state index in [1.54, 1.807) is 0 Å². The van der Waals surface area contributed by atoms with Crippen molar-refractivity contribution >= 4 is 43.6 Å². The maximum atomic E-state index is 7.31. The molecule has 0 bridgehead atoms. The molecule has 0 radical (unpaired) electrons. The molecule has 0 amide bonds. The Kier molecular flexibility index (Phi) is 9.45. The Bertz CT molecular complexity index is 4200. The third-order valence-corrected chi connectivity index (χ3v) is 14.6. The minimum atomic E-state index is -0.413. The number of para-hydroxylation sites is 5. The molecule has 0 aliphatic carbocycles. The van der Waals surface area contributed by atoms with Crippen LogP contribution in [0.2, 0.25) is 0 Å². The lowest BCUT2D eigenvalue weighted by molar-refractivity contribution is 0.421. The van der Waals surface area contributed by atoms with Crippen molar-refractivity contribution in [1.82, 2.24) is 24.1 Å². The van der Waals surface area contributed by atoms with E-state index in [4.69, 9.17) is 19.7 Å². The van der Waals surface area contributed by atoms with Gasteiger partial charge in [0.05, 0.1) is 27.6 Å². The molecule has 0 saturated heterocycles. The fourth-order valence-corrected chi connectivity index (χ4v) is 11.1. The van der Waals surface area contributed by atoms with Crippen molar-refractivity contribution in [1.29, 1.82) is 0 Å². The van der Waals surface area contributed by atoms with Crippen LogP contribution in [0.25, 0.3) is 111 Å². The molecule has 6 heteroatoms. The Hall–Kier alpha value is -9.39. The van der Waals surface area contributed by atoms with Crippen molar-refractivity contribution in [3.8, 4) is 79.3 Å². The van der Waals surface area contributed by atoms with Gasteiger partial charge >= 0.3 is 0 Å². The molecular formula is C66H45N5O. The number of hydrogen-bond donors (Lipinski definition) is 0. The highest BCUT2D eigenvalue weighted by Crippen LogP contribution is 2.54. The fourth-order valence-electron chi connectivity index (χ4n) is 11.1. The van der Waals surface area contributed by atoms with Crippen LogP contribution in [0.15, 0.2) is 237 Å². The summed E-state index contributed by atoms with van der Waals surface area (Å²) in [5.41, 5.74) is 15.8. The molecule has 0 unspecified atom stereocenters. The lowest BCUT2D eigenvalue weighted by Gasteiger charge is -2.36. The number of nitrogens with zero attached hydrogens (tertiary/aromatic N) is 5. The average Bonchev–Trinajstić information content (AvgIpc) is 3.95. The maximum absolute atomic E-state index is 7.31. The molecule has 340 valence electrons. The van der Waals surface area contributed by atoms with Gasteiger partial charge in [-0.25, -0.2) is 15.0 Å². The van der Waals surface area contributed by atoms with Crippen LogP contribution in [0.4, 0.5) is 0 Å². The molecule has 0 fully saturated rings. The first-order chi connectivity index (χ1) is 35.5. The van der Waals surface area contributed by atoms with Crippen LogP contribution in [0, 0.1) is 0 Å². The zero-order valence-electron chi connectivity index (χ0n) is 39.7. The van der Waals surface area contributed by atoms with E-state index >= 15 is 0 Å². The average molecular weight is 924 g/mol. The molecule has 4 heterocycles. The zero-order chi connectivity index (χ0) is 47.9. The van der Waals surface area contributed by atoms with Gasteiger partial charge in [0.25, 0.3) is 0 Å². The summed E-state index contributed by atoms with van der Waals surface area (Å²) in [4.78, 5) is 15.3. The van der Waals surface area contributed by atoms with Gasteiger partial charge in [0, 0.05) is 66.2 Å². The van der Waals surface area contributed by atoms with Gasteiger partial charge in [-0.3, -0.25) is 0 Å². The number of benzene rings is 10. The van der Waals surface area contributed by atoms with Crippen LogP contribution in [-0.2, 0) is 5.41 Å². The van der Waals surface area contributed by atoms with Crippen LogP contribution in [-0.4, -0.2) is 24.1 Å². The van der Waals surface area contributed by atoms with Crippen LogP contribution in [0.1, 0.15) is 25.0 Å². The Labute approximate surface area is 416 Å². The normalized spacial score (nSPS) is 12.8. The van der Waals surface area contributed by atoms with Crippen LogP contribution >= 0.6 is 0 Å². The molecule has 13 aromatic rings. The number of ether oxygens (including phenoxy) is 1. The first-order valence-electron chi connectivity index (χ1n) is 24.5. The van der Waals surface area contributed by atoms with Gasteiger partial charge in [-0.1, -0.05) is 178 Å². The largest absolute Gasteiger partial charge is 0.455 e. The van der Waals surface area contributed by atoms with Gasteiger partial charge in [-0.15, -0.1) is 0 Å². The first-order valence-corrected chi connectivity index (χ1v) is 24.5. The number of rotatable bonds is 7. The van der Waals surface area contributed by atoms with Crippen LogP contribution < -0.4 is 4.74 Å². The summed E-state index contributed by atoms with van der Waals surface area (Å²) in [6.45, 7) is 4.57. The van der Waals surface area contributed by atoms with E-state index in [-0.39, 0.29) is 0 Å². The van der Waals surface area contributed by atoms with Crippen LogP contribution in [0.5, 0.6) is 11.5 Å². The van der Waals surface area contributed by atoms with E-state index in [1.165, 1.54) is 32.8 Å². The number of fused-ring (bicyclic) bond motifs is 8. The highest BCUT2D eigenvalue weighted by Gasteiger charge is 2.37. The topological polar surface area (TPSA) is 57.8 Å². The van der Waals surface area contributed by atoms with E-state index in [9.17, 15) is 0 Å². The molecule has 10 aromatic carbocycles. The predicted molar refractivity (Wildman–Crippen MR) is 294 cm³/mol. The minimum Gasteiger partial charge on any atom is -0.455 e. The third kappa shape index (κ3) is 6.60. The van der Waals surface area contributed by atoms with Crippen molar-refractivity contribution in [3.05, 3.63) is 248 Å². The quantitative estimate of drug-likeness (QED) is 0.160. The van der Waals surface area contributed by atoms with Crippen molar-refractivity contribution in [3.63, 3.8) is 0 Å². The first kappa shape index (κ1) is 41.6. The third-order valence-electron chi connectivity index (χ3n) is 14.6. The molecule has 0 N–H and O–H groups in total. The standard InChI is InChI=1S/C66H45N5O/c1-66(2)55-30-17-28-49(61(55)72-62-51(29-18-31-56(62)66)65-68-63(42-19-7-3-8-20-42)67-64(69-65)43-21-9-4-10-22-43)46-35-38-60-54(41-46)53-40-45(34-37-59(53)71(60)48-25-13-6-14-26-48)44-33-36-58-52(39-44)50-27-15-16-32-57(50)70(58)47-23-11-5-12-24-47/h3-41H,1-2H3. The highest BCUT2D eigenvalue weighted by atomic mass is 16.5. The van der Waals surface area contributed by atoms with Gasteiger partial charge in [0.15, 0.2) is 17.5 Å². The number of hydrogen-bond acceptors (Lipinski definition) is 4. The summed E-state index contributed by atoms with van der Waals surface area (Å²) in [5.74, 6) is 3.36. The summed E-state index contributed by atoms with van der Waals surface area (Å²) in [6.07, 6.45) is 0. The molecule has 0 atom stereocenters. The second-order valence-corrected chi connectivity index (χ2v) is 19.2. The summed E-state index contributed by atoms with van der Waals surface area (Å²) in [6, 6.07) is 83.9. The summed E-state index contributed by atoms with van der Waals surface area (Å²) in [7, 11) is 0. The summed E-state index contributed by atoms with van der Waals surface area (Å²) < 4.78 is 12.1. The predicted octanol–water partition coefficient (Wildman–Crippen LogP) is 16.8. The van der Waals surface area contributed by atoms with E-state index in [1.807, 2.05) is 60.7 Å². The molecule has 14 rings (SSSR count). The minimum absolute atomic E-state index is 0.413. The molecular weight excluding hydrogens is 879 g/mol. The Balaban J connectivity index is 0.926. The van der Waals surface area contributed by atoms with E-state index in [0.717, 1.165) is 83.8 Å². The van der Waals surface area contributed by atoms with Gasteiger partial charge in [-0.2, -0.15) is 0 Å². The second kappa shape index (κ2) is 16.4. The smallest absolute Gasteiger partial charge is 0.167 e. The Morgan fingerprint density at radius 1 is 0.319 bits per heavy atom. The van der Waals surface area contributed by atoms with Gasteiger partial charge < -0.3 is 13.9 Å². The highest BCUT2D eigenvalue weighted by molar-refractivity contribution is 6.13. The van der Waals surface area contributed by atoms with Crippen molar-refractivity contribution < 1.29 is 4.74 Å². The van der Waals surface area contributed by atoms with E-state index in [2.05, 4.69) is 199 Å². The lowest BCUT2D eigenvalue weighted by Crippen LogP contribution is -2.25. The van der Waals surface area contributed by atoms with Gasteiger partial charge in [0.2, 0.25) is 0 Å². The monoisotopic (exact) mass is 923 g/mol. The molecule has 0 saturated carbocycles. The van der Waals surface area contributed by atoms with Crippen molar-refractivity contribution in [2.75, 3.05) is 0 Å². The molecule has 1 aliphatic rings. The second-order valence-electron chi connectivity index (χ2n) is 19.2. The van der Waals surface area contributed by atoms with Crippen LogP contribution in [0.3, 0.4) is 0 Å². The molecule has 6 nitrogen and oxygen atoms in total. The lowest BCUT2D eigenvalue weighted by atomic mass is 9.74. The van der Waals surface area contributed by atoms with E-state index < -0.39 is 5.41 Å². The molecule has 0 spiro atoms. The summed E-state index contributed by atoms with van der Waals surface area (Å²) in [5, 5.41) is 4.80. The fraction of sp³-hybridized carbons (Fsp3) is 0.0455. The Morgan fingerprint density at radius 3 is 1.26 bits per heavy atom. The van der Waals surface area contributed by atoms with Crippen molar-refractivity contribution in [2.45, 2.75) is 19.3 Å². The van der Waals surface area contributed by atoms with Gasteiger partial charge in [-0.05, 0) is 89.5 Å². The van der Waals surface area contributed by atoms with E-state index in [0.29, 0.717) is 17.5 Å². The summed E-state index contributed by atoms with van der Waals surface area (Å²) >= 11 is 0. The molecule has 3 aromatic heterocycles. The molecule has 1 aliphatic heterocycles. The Morgan fingerprint density at radius 2 is 0.722 bits per heavy atom. The van der Waals surface area contributed by atoms with Gasteiger partial charge in [0.1, 0.15) is 11.5 Å². The maximum Gasteiger partial charge on any atom is 0.167 e. The SMILES string of the molecule is CC1(C)c2cccc(-c3ccc4c(c3)c3cc(-c5ccc6c(c5)c5ccccc5n6-c5ccccc5)ccc3n4-c3ccccc3)c2Oc2c(-c3nc(-c4ccccc4)nc(-c4ccccc4)n3)cccc21. The molecule has 72 heavy (non-hydrogen) atoms. The number of aromatic nitrogens is 5. The zero-order valence-corrected chi connectivity index (χ0v) is 39.7.